The summed E-state index contributed by atoms with van der Waals surface area (Å²) in [6, 6.07) is 0. The number of nitrogens with one attached hydrogen (secondary N) is 1. The molecule has 6 heteroatoms. The number of piperidine rings is 1. The Hall–Kier alpha value is -1.30. The van der Waals surface area contributed by atoms with Gasteiger partial charge in [0.25, 0.3) is 0 Å². The zero-order chi connectivity index (χ0) is 18.6. The summed E-state index contributed by atoms with van der Waals surface area (Å²) in [5.74, 6) is 4.29. The minimum atomic E-state index is 0.174. The summed E-state index contributed by atoms with van der Waals surface area (Å²) in [7, 11) is 0. The van der Waals surface area contributed by atoms with Gasteiger partial charge in [-0.05, 0) is 63.2 Å². The molecule has 4 rings (SSSR count). The normalized spacial score (nSPS) is 25.2. The van der Waals surface area contributed by atoms with E-state index < -0.39 is 0 Å². The molecule has 0 aromatic carbocycles. The number of ether oxygens (including phenoxy) is 1. The Morgan fingerprint density at radius 2 is 1.63 bits per heavy atom. The van der Waals surface area contributed by atoms with Crippen LogP contribution in [-0.4, -0.2) is 74.1 Å². The predicted molar refractivity (Wildman–Crippen MR) is 107 cm³/mol. The molecule has 2 aliphatic heterocycles. The van der Waals surface area contributed by atoms with Gasteiger partial charge in [0.2, 0.25) is 5.91 Å². The monoisotopic (exact) mass is 376 g/mol. The number of aliphatic imine (C=N–C) groups is 1. The van der Waals surface area contributed by atoms with Gasteiger partial charge < -0.3 is 19.9 Å². The Bertz CT molecular complexity index is 518. The number of guanidine groups is 1. The van der Waals surface area contributed by atoms with Gasteiger partial charge >= 0.3 is 0 Å². The molecule has 0 atom stereocenters. The second-order valence-corrected chi connectivity index (χ2v) is 8.73. The number of likely N-dealkylation sites (tertiary alicyclic amines) is 1. The lowest BCUT2D eigenvalue weighted by Gasteiger charge is -2.37. The number of amides is 1. The Morgan fingerprint density at radius 3 is 2.19 bits per heavy atom. The van der Waals surface area contributed by atoms with Gasteiger partial charge in [-0.3, -0.25) is 9.79 Å². The first-order chi connectivity index (χ1) is 13.3. The molecule has 1 N–H and O–H groups in total. The maximum atomic E-state index is 12.7. The molecule has 4 aliphatic rings. The van der Waals surface area contributed by atoms with Crippen LogP contribution < -0.4 is 5.32 Å². The highest BCUT2D eigenvalue weighted by Crippen LogP contribution is 2.49. The fraction of sp³-hybridized carbons (Fsp3) is 0.905. The van der Waals surface area contributed by atoms with Gasteiger partial charge in [-0.2, -0.15) is 0 Å². The van der Waals surface area contributed by atoms with Crippen molar-refractivity contribution in [1.82, 2.24) is 15.1 Å². The number of morpholine rings is 1. The molecule has 2 aliphatic carbocycles. The second-order valence-electron chi connectivity index (χ2n) is 8.73. The predicted octanol–water partition coefficient (Wildman–Crippen LogP) is 1.96. The largest absolute Gasteiger partial charge is 0.378 e. The summed E-state index contributed by atoms with van der Waals surface area (Å²) >= 11 is 0. The number of hydrogen-bond donors (Lipinski definition) is 1. The van der Waals surface area contributed by atoms with Crippen LogP contribution in [0.5, 0.6) is 0 Å². The third-order valence-corrected chi connectivity index (χ3v) is 6.71. The standard InChI is InChI=1S/C21H36N4O2/c1-2-22-21(23-15-19(16-3-4-16)17-5-6-17)25-9-7-18(8-10-25)20(26)24-11-13-27-14-12-24/h16-19H,2-15H2,1H3,(H,22,23). The van der Waals surface area contributed by atoms with Gasteiger partial charge in [0.05, 0.1) is 13.2 Å². The molecule has 6 nitrogen and oxygen atoms in total. The van der Waals surface area contributed by atoms with E-state index in [1.54, 1.807) is 0 Å². The molecule has 2 heterocycles. The molecule has 0 radical (unpaired) electrons. The van der Waals surface area contributed by atoms with Crippen molar-refractivity contribution in [2.24, 2.45) is 28.7 Å². The maximum Gasteiger partial charge on any atom is 0.225 e. The van der Waals surface area contributed by atoms with Gasteiger partial charge in [0.15, 0.2) is 5.96 Å². The van der Waals surface area contributed by atoms with E-state index in [4.69, 9.17) is 9.73 Å². The Labute approximate surface area is 163 Å². The summed E-state index contributed by atoms with van der Waals surface area (Å²) < 4.78 is 5.38. The van der Waals surface area contributed by atoms with E-state index in [0.29, 0.717) is 19.1 Å². The first kappa shape index (κ1) is 19.0. The molecule has 4 fully saturated rings. The maximum absolute atomic E-state index is 12.7. The number of carbonyl (C=O) groups excluding carboxylic acids is 1. The van der Waals surface area contributed by atoms with Crippen LogP contribution in [0.3, 0.4) is 0 Å². The SMILES string of the molecule is CCNC(=NCC(C1CC1)C1CC1)N1CCC(C(=O)N2CCOCC2)CC1. The summed E-state index contributed by atoms with van der Waals surface area (Å²) in [6.45, 7) is 8.79. The van der Waals surface area contributed by atoms with E-state index in [0.717, 1.165) is 75.8 Å². The third-order valence-electron chi connectivity index (χ3n) is 6.71. The van der Waals surface area contributed by atoms with E-state index in [2.05, 4.69) is 17.1 Å². The van der Waals surface area contributed by atoms with Gasteiger partial charge in [-0.25, -0.2) is 0 Å². The lowest BCUT2D eigenvalue weighted by Crippen LogP contribution is -2.50. The van der Waals surface area contributed by atoms with Crippen molar-refractivity contribution in [3.8, 4) is 0 Å². The minimum Gasteiger partial charge on any atom is -0.378 e. The Balaban J connectivity index is 1.30. The number of hydrogen-bond acceptors (Lipinski definition) is 3. The van der Waals surface area contributed by atoms with Crippen LogP contribution in [0.4, 0.5) is 0 Å². The van der Waals surface area contributed by atoms with Crippen LogP contribution in [0, 0.1) is 23.7 Å². The zero-order valence-corrected chi connectivity index (χ0v) is 16.9. The Kier molecular flexibility index (Phi) is 6.21. The van der Waals surface area contributed by atoms with Crippen LogP contribution in [0.2, 0.25) is 0 Å². The highest BCUT2D eigenvalue weighted by Gasteiger charge is 2.41. The van der Waals surface area contributed by atoms with Gasteiger partial charge in [-0.1, -0.05) is 0 Å². The minimum absolute atomic E-state index is 0.174. The number of nitrogens with zero attached hydrogens (tertiary/aromatic N) is 3. The number of rotatable bonds is 6. The van der Waals surface area contributed by atoms with Crippen LogP contribution in [0.25, 0.3) is 0 Å². The molecule has 2 saturated heterocycles. The van der Waals surface area contributed by atoms with E-state index in [9.17, 15) is 4.79 Å². The summed E-state index contributed by atoms with van der Waals surface area (Å²) in [5.41, 5.74) is 0. The van der Waals surface area contributed by atoms with Crippen LogP contribution in [0.1, 0.15) is 45.4 Å². The molecule has 0 spiro atoms. The molecule has 0 aromatic heterocycles. The first-order valence-corrected chi connectivity index (χ1v) is 11.2. The molecular weight excluding hydrogens is 340 g/mol. The highest BCUT2D eigenvalue weighted by atomic mass is 16.5. The lowest BCUT2D eigenvalue weighted by molar-refractivity contribution is -0.140. The van der Waals surface area contributed by atoms with Crippen molar-refractivity contribution in [3.63, 3.8) is 0 Å². The zero-order valence-electron chi connectivity index (χ0n) is 16.9. The van der Waals surface area contributed by atoms with Gasteiger partial charge in [-0.15, -0.1) is 0 Å². The van der Waals surface area contributed by atoms with E-state index >= 15 is 0 Å². The number of carbonyl (C=O) groups is 1. The van der Waals surface area contributed by atoms with Gasteiger partial charge in [0.1, 0.15) is 0 Å². The summed E-state index contributed by atoms with van der Waals surface area (Å²) in [6.07, 6.45) is 7.56. The van der Waals surface area contributed by atoms with Crippen molar-refractivity contribution in [3.05, 3.63) is 0 Å². The molecule has 152 valence electrons. The topological polar surface area (TPSA) is 57.2 Å². The summed E-state index contributed by atoms with van der Waals surface area (Å²) in [5, 5.41) is 3.50. The Morgan fingerprint density at radius 1 is 1.00 bits per heavy atom. The second kappa shape index (κ2) is 8.80. The quantitative estimate of drug-likeness (QED) is 0.569. The van der Waals surface area contributed by atoms with Crippen molar-refractivity contribution in [2.45, 2.75) is 45.4 Å². The molecule has 2 saturated carbocycles. The molecular formula is C21H36N4O2. The molecule has 1 amide bonds. The molecule has 0 unspecified atom stereocenters. The fourth-order valence-corrected chi connectivity index (χ4v) is 4.73. The van der Waals surface area contributed by atoms with Crippen LogP contribution >= 0.6 is 0 Å². The van der Waals surface area contributed by atoms with E-state index in [1.807, 2.05) is 4.90 Å². The average Bonchev–Trinajstić information content (AvgIpc) is 3.62. The van der Waals surface area contributed by atoms with Crippen molar-refractivity contribution in [1.29, 1.82) is 0 Å². The first-order valence-electron chi connectivity index (χ1n) is 11.2. The smallest absolute Gasteiger partial charge is 0.225 e. The van der Waals surface area contributed by atoms with Crippen molar-refractivity contribution in [2.75, 3.05) is 52.5 Å². The van der Waals surface area contributed by atoms with E-state index in [1.165, 1.54) is 25.7 Å². The fourth-order valence-electron chi connectivity index (χ4n) is 4.73. The molecule has 0 bridgehead atoms. The highest BCUT2D eigenvalue weighted by molar-refractivity contribution is 5.82. The van der Waals surface area contributed by atoms with Crippen LogP contribution in [0.15, 0.2) is 4.99 Å². The lowest BCUT2D eigenvalue weighted by atomic mass is 9.95. The van der Waals surface area contributed by atoms with Crippen molar-refractivity contribution >= 4 is 11.9 Å². The van der Waals surface area contributed by atoms with Crippen molar-refractivity contribution < 1.29 is 9.53 Å². The van der Waals surface area contributed by atoms with E-state index in [-0.39, 0.29) is 5.92 Å². The average molecular weight is 377 g/mol. The summed E-state index contributed by atoms with van der Waals surface area (Å²) in [4.78, 5) is 22.2. The van der Waals surface area contributed by atoms with Gasteiger partial charge in [0, 0.05) is 45.2 Å². The third kappa shape index (κ3) is 4.95. The van der Waals surface area contributed by atoms with Crippen LogP contribution in [-0.2, 0) is 9.53 Å². The molecule has 27 heavy (non-hydrogen) atoms. The molecule has 0 aromatic rings.